The summed E-state index contributed by atoms with van der Waals surface area (Å²) >= 11 is 0. The Labute approximate surface area is 158 Å². The Kier molecular flexibility index (Phi) is 5.35. The molecule has 130 valence electrons. The van der Waals surface area contributed by atoms with Crippen molar-refractivity contribution in [3.8, 4) is 0 Å². The van der Waals surface area contributed by atoms with Gasteiger partial charge in [-0.2, -0.15) is 0 Å². The van der Waals surface area contributed by atoms with Crippen LogP contribution >= 0.6 is 15.8 Å². The van der Waals surface area contributed by atoms with Crippen LogP contribution in [0.3, 0.4) is 0 Å². The van der Waals surface area contributed by atoms with Crippen molar-refractivity contribution in [3.05, 3.63) is 84.9 Å². The molecule has 0 saturated carbocycles. The predicted octanol–water partition coefficient (Wildman–Crippen LogP) is 6.17. The minimum Gasteiger partial charge on any atom is -0.0775 e. The molecule has 0 radical (unpaired) electrons. The van der Waals surface area contributed by atoms with Crippen molar-refractivity contribution in [2.24, 2.45) is 0 Å². The highest BCUT2D eigenvalue weighted by atomic mass is 31.1. The Morgan fingerprint density at radius 3 is 1.35 bits per heavy atom. The van der Waals surface area contributed by atoms with Crippen molar-refractivity contribution in [3.63, 3.8) is 0 Å². The fourth-order valence-electron chi connectivity index (χ4n) is 3.62. The predicted molar refractivity (Wildman–Crippen MR) is 123 cm³/mol. The number of hydrogen-bond donors (Lipinski definition) is 0. The fraction of sp³-hybridized carbons (Fsp3) is 0.167. The molecule has 26 heavy (non-hydrogen) atoms. The van der Waals surface area contributed by atoms with E-state index in [0.29, 0.717) is 0 Å². The fourth-order valence-corrected chi connectivity index (χ4v) is 8.42. The molecule has 0 aromatic heterocycles. The molecule has 4 aromatic carbocycles. The van der Waals surface area contributed by atoms with Crippen LogP contribution in [0.5, 0.6) is 0 Å². The van der Waals surface area contributed by atoms with E-state index in [4.69, 9.17) is 0 Å². The van der Waals surface area contributed by atoms with Gasteiger partial charge in [0.05, 0.1) is 0 Å². The standard InChI is InChI=1S/C24H24P2/c1-25(23-15-7-11-19-9-3-5-13-21(19)23)17-18-26(2)24-16-8-12-20-10-4-6-14-22(20)24/h3-16H,17-18H2,1-2H3. The molecule has 0 amide bonds. The zero-order chi connectivity index (χ0) is 17.9. The molecule has 4 rings (SSSR count). The van der Waals surface area contributed by atoms with Crippen LogP contribution in [0.2, 0.25) is 0 Å². The Balaban J connectivity index is 1.54. The maximum absolute atomic E-state index is 2.45. The summed E-state index contributed by atoms with van der Waals surface area (Å²) in [6.45, 7) is 4.90. The molecule has 2 atom stereocenters. The molecular formula is C24H24P2. The SMILES string of the molecule is CP(CCP(C)c1cccc2ccccc12)c1cccc2ccccc12. The van der Waals surface area contributed by atoms with E-state index in [9.17, 15) is 0 Å². The maximum Gasteiger partial charge on any atom is -0.0107 e. The molecule has 0 spiro atoms. The summed E-state index contributed by atoms with van der Waals surface area (Å²) in [5.41, 5.74) is 0. The lowest BCUT2D eigenvalue weighted by atomic mass is 10.1. The van der Waals surface area contributed by atoms with Crippen LogP contribution in [0.1, 0.15) is 0 Å². The largest absolute Gasteiger partial charge is 0.0775 e. The van der Waals surface area contributed by atoms with Gasteiger partial charge in [0.1, 0.15) is 0 Å². The van der Waals surface area contributed by atoms with Crippen molar-refractivity contribution in [2.45, 2.75) is 0 Å². The zero-order valence-corrected chi connectivity index (χ0v) is 17.2. The third kappa shape index (κ3) is 3.55. The van der Waals surface area contributed by atoms with Gasteiger partial charge in [0, 0.05) is 0 Å². The van der Waals surface area contributed by atoms with Gasteiger partial charge >= 0.3 is 0 Å². The molecule has 0 fully saturated rings. The molecule has 0 bridgehead atoms. The van der Waals surface area contributed by atoms with E-state index < -0.39 is 0 Å². The van der Waals surface area contributed by atoms with Crippen LogP contribution in [0.15, 0.2) is 84.9 Å². The summed E-state index contributed by atoms with van der Waals surface area (Å²) in [6.07, 6.45) is 2.60. The van der Waals surface area contributed by atoms with E-state index >= 15 is 0 Å². The van der Waals surface area contributed by atoms with E-state index in [1.807, 2.05) is 0 Å². The minimum atomic E-state index is -0.125. The molecule has 0 aliphatic heterocycles. The number of rotatable bonds is 5. The highest BCUT2D eigenvalue weighted by Crippen LogP contribution is 2.40. The van der Waals surface area contributed by atoms with Gasteiger partial charge in [-0.15, -0.1) is 0 Å². The van der Waals surface area contributed by atoms with Gasteiger partial charge in [-0.25, -0.2) is 0 Å². The lowest BCUT2D eigenvalue weighted by molar-refractivity contribution is 1.50. The molecule has 0 N–H and O–H groups in total. The Bertz CT molecular complexity index is 942. The normalized spacial score (nSPS) is 13.8. The van der Waals surface area contributed by atoms with Crippen molar-refractivity contribution in [1.82, 2.24) is 0 Å². The summed E-state index contributed by atoms with van der Waals surface area (Å²) < 4.78 is 0. The first-order chi connectivity index (χ1) is 12.7. The first-order valence-electron chi connectivity index (χ1n) is 9.12. The summed E-state index contributed by atoms with van der Waals surface area (Å²) in [5, 5.41) is 8.72. The highest BCUT2D eigenvalue weighted by molar-refractivity contribution is 7.69. The van der Waals surface area contributed by atoms with Crippen molar-refractivity contribution in [1.29, 1.82) is 0 Å². The Morgan fingerprint density at radius 1 is 0.500 bits per heavy atom. The number of benzene rings is 4. The van der Waals surface area contributed by atoms with Gasteiger partial charge in [-0.1, -0.05) is 101 Å². The van der Waals surface area contributed by atoms with Gasteiger partial charge in [0.15, 0.2) is 0 Å². The van der Waals surface area contributed by atoms with Crippen LogP contribution in [0.4, 0.5) is 0 Å². The average Bonchev–Trinajstić information content (AvgIpc) is 2.71. The van der Waals surface area contributed by atoms with Gasteiger partial charge in [0.2, 0.25) is 0 Å². The molecule has 0 aliphatic carbocycles. The van der Waals surface area contributed by atoms with Gasteiger partial charge in [0.25, 0.3) is 0 Å². The summed E-state index contributed by atoms with van der Waals surface area (Å²) in [5.74, 6) is 0. The smallest absolute Gasteiger partial charge is 0.0107 e. The first kappa shape index (κ1) is 17.7. The van der Waals surface area contributed by atoms with E-state index in [1.54, 1.807) is 10.6 Å². The molecular weight excluding hydrogens is 350 g/mol. The topological polar surface area (TPSA) is 0 Å². The maximum atomic E-state index is 2.45. The van der Waals surface area contributed by atoms with E-state index in [1.165, 1.54) is 33.9 Å². The highest BCUT2D eigenvalue weighted by Gasteiger charge is 2.13. The second-order valence-corrected chi connectivity index (χ2v) is 11.5. The van der Waals surface area contributed by atoms with Crippen molar-refractivity contribution < 1.29 is 0 Å². The molecule has 2 heteroatoms. The molecule has 0 heterocycles. The summed E-state index contributed by atoms with van der Waals surface area (Å²) in [6, 6.07) is 31.2. The lowest BCUT2D eigenvalue weighted by Crippen LogP contribution is -2.09. The minimum absolute atomic E-state index is 0.125. The molecule has 0 aliphatic rings. The van der Waals surface area contributed by atoms with E-state index in [2.05, 4.69) is 98.3 Å². The number of hydrogen-bond acceptors (Lipinski definition) is 0. The van der Waals surface area contributed by atoms with Crippen LogP contribution in [-0.4, -0.2) is 25.7 Å². The van der Waals surface area contributed by atoms with Crippen LogP contribution < -0.4 is 10.6 Å². The molecule has 0 nitrogen and oxygen atoms in total. The molecule has 2 unspecified atom stereocenters. The second-order valence-electron chi connectivity index (χ2n) is 6.84. The summed E-state index contributed by atoms with van der Waals surface area (Å²) in [4.78, 5) is 0. The monoisotopic (exact) mass is 374 g/mol. The quantitative estimate of drug-likeness (QED) is 0.367. The molecule has 4 aromatic rings. The zero-order valence-electron chi connectivity index (χ0n) is 15.4. The van der Waals surface area contributed by atoms with Crippen LogP contribution in [0, 0.1) is 0 Å². The molecule has 0 saturated heterocycles. The third-order valence-corrected chi connectivity index (χ3v) is 9.69. The van der Waals surface area contributed by atoms with Gasteiger partial charge in [-0.3, -0.25) is 0 Å². The summed E-state index contributed by atoms with van der Waals surface area (Å²) in [7, 11) is -0.251. The second kappa shape index (κ2) is 7.87. The van der Waals surface area contributed by atoms with Gasteiger partial charge in [-0.05, 0) is 57.8 Å². The number of fused-ring (bicyclic) bond motifs is 2. The third-order valence-electron chi connectivity index (χ3n) is 5.13. The lowest BCUT2D eigenvalue weighted by Gasteiger charge is -2.20. The van der Waals surface area contributed by atoms with E-state index in [-0.39, 0.29) is 15.8 Å². The van der Waals surface area contributed by atoms with Crippen LogP contribution in [0.25, 0.3) is 21.5 Å². The first-order valence-corrected chi connectivity index (χ1v) is 13.1. The van der Waals surface area contributed by atoms with E-state index in [0.717, 1.165) is 0 Å². The van der Waals surface area contributed by atoms with Crippen molar-refractivity contribution in [2.75, 3.05) is 25.7 Å². The van der Waals surface area contributed by atoms with Crippen molar-refractivity contribution >= 4 is 48.0 Å². The Morgan fingerprint density at radius 2 is 0.885 bits per heavy atom. The Hall–Kier alpha value is -1.74. The van der Waals surface area contributed by atoms with Crippen LogP contribution in [-0.2, 0) is 0 Å². The average molecular weight is 374 g/mol. The van der Waals surface area contributed by atoms with Gasteiger partial charge < -0.3 is 0 Å².